The Labute approximate surface area is 118 Å². The van der Waals surface area contributed by atoms with E-state index in [1.54, 1.807) is 22.2 Å². The minimum Gasteiger partial charge on any atom is -0.324 e. The number of fused-ring (bicyclic) bond motifs is 1. The van der Waals surface area contributed by atoms with Crippen LogP contribution in [-0.2, 0) is 13.0 Å². The van der Waals surface area contributed by atoms with Gasteiger partial charge in [-0.3, -0.25) is 0 Å². The highest BCUT2D eigenvalue weighted by atomic mass is 32.1. The number of halogens is 2. The van der Waals surface area contributed by atoms with Crippen molar-refractivity contribution in [2.45, 2.75) is 26.3 Å². The molecule has 6 heteroatoms. The maximum atomic E-state index is 13.3. The third kappa shape index (κ3) is 2.43. The van der Waals surface area contributed by atoms with Crippen LogP contribution in [0.5, 0.6) is 0 Å². The minimum absolute atomic E-state index is 0.452. The van der Waals surface area contributed by atoms with Crippen LogP contribution in [0.1, 0.15) is 24.0 Å². The van der Waals surface area contributed by atoms with E-state index in [0.717, 1.165) is 29.6 Å². The summed E-state index contributed by atoms with van der Waals surface area (Å²) in [6.07, 6.45) is 3.61. The number of aromatic nitrogens is 3. The van der Waals surface area contributed by atoms with Gasteiger partial charge in [0.25, 0.3) is 0 Å². The molecule has 0 aliphatic carbocycles. The van der Waals surface area contributed by atoms with Gasteiger partial charge in [-0.15, -0.1) is 11.3 Å². The van der Waals surface area contributed by atoms with Crippen molar-refractivity contribution in [1.82, 2.24) is 14.5 Å². The standard InChI is InChI=1S/C14H13F2N3S/c1-2-3-14-18-9(7-20-14)6-19-8-17-12-4-10(15)11(16)5-13(12)19/h4-5,7-8H,2-3,6H2,1H3. The average molecular weight is 293 g/mol. The Morgan fingerprint density at radius 1 is 1.25 bits per heavy atom. The SMILES string of the molecule is CCCc1nc(Cn2cnc3cc(F)c(F)cc32)cs1. The minimum atomic E-state index is -0.873. The maximum Gasteiger partial charge on any atom is 0.161 e. The number of imidazole rings is 1. The van der Waals surface area contributed by atoms with E-state index < -0.39 is 11.6 Å². The molecule has 3 rings (SSSR count). The largest absolute Gasteiger partial charge is 0.324 e. The molecule has 0 spiro atoms. The van der Waals surface area contributed by atoms with E-state index in [0.29, 0.717) is 17.6 Å². The number of hydrogen-bond donors (Lipinski definition) is 0. The molecule has 0 aliphatic heterocycles. The molecular formula is C14H13F2N3S. The molecular weight excluding hydrogens is 280 g/mol. The van der Waals surface area contributed by atoms with E-state index >= 15 is 0 Å². The molecule has 0 radical (unpaired) electrons. The normalized spacial score (nSPS) is 11.3. The zero-order chi connectivity index (χ0) is 14.1. The molecule has 0 saturated carbocycles. The highest BCUT2D eigenvalue weighted by Crippen LogP contribution is 2.19. The van der Waals surface area contributed by atoms with Crippen LogP contribution in [0.25, 0.3) is 11.0 Å². The Balaban J connectivity index is 1.92. The van der Waals surface area contributed by atoms with Crippen LogP contribution >= 0.6 is 11.3 Å². The van der Waals surface area contributed by atoms with Crippen LogP contribution in [0.3, 0.4) is 0 Å². The Morgan fingerprint density at radius 2 is 2.05 bits per heavy atom. The molecule has 0 atom stereocenters. The fraction of sp³-hybridized carbons (Fsp3) is 0.286. The zero-order valence-corrected chi connectivity index (χ0v) is 11.8. The lowest BCUT2D eigenvalue weighted by Crippen LogP contribution is -1.99. The van der Waals surface area contributed by atoms with Gasteiger partial charge in [0, 0.05) is 17.5 Å². The van der Waals surface area contributed by atoms with Crippen molar-refractivity contribution in [3.63, 3.8) is 0 Å². The first kappa shape index (κ1) is 13.2. The summed E-state index contributed by atoms with van der Waals surface area (Å²) in [5.41, 5.74) is 1.95. The van der Waals surface area contributed by atoms with E-state index in [-0.39, 0.29) is 0 Å². The van der Waals surface area contributed by atoms with Gasteiger partial charge in [-0.2, -0.15) is 0 Å². The smallest absolute Gasteiger partial charge is 0.161 e. The number of thiazole rings is 1. The van der Waals surface area contributed by atoms with E-state index in [1.807, 2.05) is 5.38 Å². The molecule has 0 N–H and O–H groups in total. The zero-order valence-electron chi connectivity index (χ0n) is 10.9. The molecule has 3 nitrogen and oxygen atoms in total. The molecule has 104 valence electrons. The van der Waals surface area contributed by atoms with E-state index in [2.05, 4.69) is 16.9 Å². The van der Waals surface area contributed by atoms with E-state index in [9.17, 15) is 8.78 Å². The number of aryl methyl sites for hydroxylation is 1. The van der Waals surface area contributed by atoms with Gasteiger partial charge in [-0.05, 0) is 12.8 Å². The fourth-order valence-corrected chi connectivity index (χ4v) is 3.00. The second-order valence-corrected chi connectivity index (χ2v) is 5.55. The fourth-order valence-electron chi connectivity index (χ4n) is 2.10. The summed E-state index contributed by atoms with van der Waals surface area (Å²) < 4.78 is 28.2. The highest BCUT2D eigenvalue weighted by molar-refractivity contribution is 7.09. The topological polar surface area (TPSA) is 30.7 Å². The molecule has 0 bridgehead atoms. The van der Waals surface area contributed by atoms with Crippen molar-refractivity contribution in [3.05, 3.63) is 46.2 Å². The second kappa shape index (κ2) is 5.28. The van der Waals surface area contributed by atoms with Crippen molar-refractivity contribution >= 4 is 22.4 Å². The molecule has 2 aromatic heterocycles. The molecule has 0 unspecified atom stereocenters. The lowest BCUT2D eigenvalue weighted by molar-refractivity contribution is 0.510. The van der Waals surface area contributed by atoms with E-state index in [1.165, 1.54) is 6.07 Å². The van der Waals surface area contributed by atoms with Gasteiger partial charge in [0.2, 0.25) is 0 Å². The summed E-state index contributed by atoms with van der Waals surface area (Å²) in [5, 5.41) is 3.10. The van der Waals surface area contributed by atoms with Crippen molar-refractivity contribution in [2.75, 3.05) is 0 Å². The molecule has 3 aromatic rings. The van der Waals surface area contributed by atoms with Gasteiger partial charge in [0.05, 0.1) is 34.6 Å². The quantitative estimate of drug-likeness (QED) is 0.733. The first-order chi connectivity index (χ1) is 9.67. The Bertz CT molecular complexity index is 748. The Morgan fingerprint density at radius 3 is 2.85 bits per heavy atom. The van der Waals surface area contributed by atoms with Crippen LogP contribution in [0, 0.1) is 11.6 Å². The molecule has 0 saturated heterocycles. The van der Waals surface area contributed by atoms with Gasteiger partial charge in [-0.1, -0.05) is 6.92 Å². The average Bonchev–Trinajstić information content (AvgIpc) is 3.00. The van der Waals surface area contributed by atoms with Gasteiger partial charge in [0.1, 0.15) is 0 Å². The van der Waals surface area contributed by atoms with Gasteiger partial charge in [-0.25, -0.2) is 18.7 Å². The summed E-state index contributed by atoms with van der Waals surface area (Å²) in [6, 6.07) is 2.29. The highest BCUT2D eigenvalue weighted by Gasteiger charge is 2.10. The number of rotatable bonds is 4. The molecule has 0 aliphatic rings. The van der Waals surface area contributed by atoms with Gasteiger partial charge >= 0.3 is 0 Å². The van der Waals surface area contributed by atoms with Crippen molar-refractivity contribution in [1.29, 1.82) is 0 Å². The first-order valence-electron chi connectivity index (χ1n) is 6.40. The predicted molar refractivity (Wildman–Crippen MR) is 74.9 cm³/mol. The summed E-state index contributed by atoms with van der Waals surface area (Å²) in [5.74, 6) is -1.73. The summed E-state index contributed by atoms with van der Waals surface area (Å²) in [6.45, 7) is 2.63. The van der Waals surface area contributed by atoms with Crippen molar-refractivity contribution < 1.29 is 8.78 Å². The Hall–Kier alpha value is -1.82. The van der Waals surface area contributed by atoms with Crippen LogP contribution in [-0.4, -0.2) is 14.5 Å². The molecule has 2 heterocycles. The van der Waals surface area contributed by atoms with Gasteiger partial charge in [0.15, 0.2) is 11.6 Å². The van der Waals surface area contributed by atoms with Crippen LogP contribution < -0.4 is 0 Å². The lowest BCUT2D eigenvalue weighted by atomic mass is 10.3. The van der Waals surface area contributed by atoms with Crippen molar-refractivity contribution in [3.8, 4) is 0 Å². The summed E-state index contributed by atoms with van der Waals surface area (Å²) >= 11 is 1.63. The molecule has 0 amide bonds. The molecule has 20 heavy (non-hydrogen) atoms. The van der Waals surface area contributed by atoms with Crippen molar-refractivity contribution in [2.24, 2.45) is 0 Å². The first-order valence-corrected chi connectivity index (χ1v) is 7.28. The van der Waals surface area contributed by atoms with Crippen LogP contribution in [0.4, 0.5) is 8.78 Å². The molecule has 1 aromatic carbocycles. The number of nitrogens with zero attached hydrogens (tertiary/aromatic N) is 3. The van der Waals surface area contributed by atoms with E-state index in [4.69, 9.17) is 0 Å². The van der Waals surface area contributed by atoms with Crippen LogP contribution in [0.15, 0.2) is 23.8 Å². The molecule has 0 fully saturated rings. The summed E-state index contributed by atoms with van der Waals surface area (Å²) in [4.78, 5) is 8.62. The monoisotopic (exact) mass is 293 g/mol. The predicted octanol–water partition coefficient (Wildman–Crippen LogP) is 3.77. The third-order valence-corrected chi connectivity index (χ3v) is 4.02. The van der Waals surface area contributed by atoms with Gasteiger partial charge < -0.3 is 4.57 Å². The number of benzene rings is 1. The summed E-state index contributed by atoms with van der Waals surface area (Å²) in [7, 11) is 0. The maximum absolute atomic E-state index is 13.3. The lowest BCUT2D eigenvalue weighted by Gasteiger charge is -2.02. The Kier molecular flexibility index (Phi) is 3.48. The van der Waals surface area contributed by atoms with Crippen LogP contribution in [0.2, 0.25) is 0 Å². The second-order valence-electron chi connectivity index (χ2n) is 4.61. The third-order valence-electron chi connectivity index (χ3n) is 3.06. The number of hydrogen-bond acceptors (Lipinski definition) is 3.